The average Bonchev–Trinajstić information content (AvgIpc) is 2.64. The van der Waals surface area contributed by atoms with Crippen LogP contribution in [0.3, 0.4) is 0 Å². The van der Waals surface area contributed by atoms with Gasteiger partial charge < -0.3 is 24.1 Å². The van der Waals surface area contributed by atoms with E-state index in [2.05, 4.69) is 10.1 Å². The topological polar surface area (TPSA) is 103 Å². The van der Waals surface area contributed by atoms with Crippen LogP contribution in [0, 0.1) is 5.92 Å². The molecule has 0 saturated carbocycles. The summed E-state index contributed by atoms with van der Waals surface area (Å²) in [7, 11) is 1.21. The van der Waals surface area contributed by atoms with E-state index >= 15 is 0 Å². The Morgan fingerprint density at radius 3 is 2.66 bits per heavy atom. The first kappa shape index (κ1) is 22.8. The number of amides is 1. The highest BCUT2D eigenvalue weighted by Gasteiger charge is 2.42. The zero-order chi connectivity index (χ0) is 21.7. The lowest BCUT2D eigenvalue weighted by atomic mass is 9.85. The molecule has 1 aliphatic rings. The lowest BCUT2D eigenvalue weighted by molar-refractivity contribution is -0.0601. The fraction of sp³-hybridized carbons (Fsp3) is 0.619. The van der Waals surface area contributed by atoms with E-state index in [0.717, 1.165) is 11.1 Å². The third kappa shape index (κ3) is 6.52. The van der Waals surface area contributed by atoms with Gasteiger partial charge in [-0.1, -0.05) is 19.1 Å². The summed E-state index contributed by atoms with van der Waals surface area (Å²) in [4.78, 5) is 24.3. The van der Waals surface area contributed by atoms with Gasteiger partial charge in [-0.15, -0.1) is 0 Å². The van der Waals surface area contributed by atoms with Crippen LogP contribution in [0.2, 0.25) is 0 Å². The molecule has 1 aromatic rings. The number of alkyl carbamates (subject to hydrolysis) is 1. The second-order valence-electron chi connectivity index (χ2n) is 8.35. The summed E-state index contributed by atoms with van der Waals surface area (Å²) in [5, 5.41) is 12.0. The van der Waals surface area contributed by atoms with Gasteiger partial charge in [0.05, 0.1) is 13.7 Å². The fourth-order valence-electron chi connectivity index (χ4n) is 3.09. The molecule has 1 amide bonds. The van der Waals surface area contributed by atoms with Crippen LogP contribution in [0.1, 0.15) is 45.2 Å². The molecule has 0 spiro atoms. The van der Waals surface area contributed by atoms with E-state index in [4.69, 9.17) is 14.2 Å². The molecule has 0 aliphatic heterocycles. The number of aliphatic hydroxyl groups is 1. The van der Waals surface area contributed by atoms with E-state index in [1.54, 1.807) is 20.8 Å². The summed E-state index contributed by atoms with van der Waals surface area (Å²) in [5.41, 5.74) is -0.124. The van der Waals surface area contributed by atoms with E-state index in [0.29, 0.717) is 25.2 Å². The van der Waals surface area contributed by atoms with Gasteiger partial charge in [0.2, 0.25) is 0 Å². The lowest BCUT2D eigenvalue weighted by Crippen LogP contribution is -2.56. The van der Waals surface area contributed by atoms with E-state index in [1.807, 2.05) is 25.1 Å². The van der Waals surface area contributed by atoms with Crippen molar-refractivity contribution in [2.24, 2.45) is 5.92 Å². The van der Waals surface area contributed by atoms with Crippen LogP contribution in [-0.2, 0) is 27.1 Å². The number of carbonyl (C=O) groups excluding carboxylic acids is 2. The molecule has 8 heteroatoms. The standard InChI is InChI=1S/C21H31NO7/c1-14(12-23)13-27-17-8-6-7-15-9-10-21(11-16(15)17,29-19(25)26-5)22-18(24)28-20(2,3)4/h6-8,14,23H,9-13H2,1-5H3,(H,22,24)/t14-,21+/m0/s1. The van der Waals surface area contributed by atoms with Crippen LogP contribution in [0.4, 0.5) is 9.59 Å². The molecule has 0 aromatic heterocycles. The highest BCUT2D eigenvalue weighted by atomic mass is 16.7. The van der Waals surface area contributed by atoms with Crippen molar-refractivity contribution >= 4 is 12.2 Å². The average molecular weight is 409 g/mol. The SMILES string of the molecule is COC(=O)O[C@]1(NC(=O)OC(C)(C)C)CCc2cccc(OC[C@@H](C)CO)c2C1. The molecular formula is C21H31NO7. The summed E-state index contributed by atoms with van der Waals surface area (Å²) in [5.74, 6) is 0.608. The number of fused-ring (bicyclic) bond motifs is 1. The van der Waals surface area contributed by atoms with Gasteiger partial charge in [-0.25, -0.2) is 9.59 Å². The summed E-state index contributed by atoms with van der Waals surface area (Å²) in [6.45, 7) is 7.51. The van der Waals surface area contributed by atoms with Gasteiger partial charge in [0.15, 0.2) is 5.72 Å². The maximum absolute atomic E-state index is 12.4. The molecule has 0 saturated heterocycles. The number of methoxy groups -OCH3 is 1. The Morgan fingerprint density at radius 1 is 1.31 bits per heavy atom. The van der Waals surface area contributed by atoms with Crippen molar-refractivity contribution in [3.63, 3.8) is 0 Å². The molecule has 0 heterocycles. The molecule has 0 radical (unpaired) electrons. The first-order valence-corrected chi connectivity index (χ1v) is 9.70. The number of hydrogen-bond donors (Lipinski definition) is 2. The molecule has 0 unspecified atom stereocenters. The molecule has 1 aliphatic carbocycles. The number of ether oxygens (including phenoxy) is 4. The molecule has 2 atom stereocenters. The molecule has 1 aromatic carbocycles. The molecule has 8 nitrogen and oxygen atoms in total. The Kier molecular flexibility index (Phi) is 7.35. The number of hydrogen-bond acceptors (Lipinski definition) is 7. The fourth-order valence-corrected chi connectivity index (χ4v) is 3.09. The Morgan fingerprint density at radius 2 is 2.03 bits per heavy atom. The monoisotopic (exact) mass is 409 g/mol. The summed E-state index contributed by atoms with van der Waals surface area (Å²) in [6, 6.07) is 5.70. The Hall–Kier alpha value is -2.48. The summed E-state index contributed by atoms with van der Waals surface area (Å²) in [6.07, 6.45) is -0.436. The van der Waals surface area contributed by atoms with E-state index in [1.165, 1.54) is 7.11 Å². The normalized spacial score (nSPS) is 19.5. The highest BCUT2D eigenvalue weighted by Crippen LogP contribution is 2.36. The largest absolute Gasteiger partial charge is 0.510 e. The van der Waals surface area contributed by atoms with Gasteiger partial charge >= 0.3 is 12.2 Å². The first-order chi connectivity index (χ1) is 13.6. The van der Waals surface area contributed by atoms with Gasteiger partial charge in [0.1, 0.15) is 11.4 Å². The van der Waals surface area contributed by atoms with Crippen LogP contribution in [-0.4, -0.2) is 49.0 Å². The van der Waals surface area contributed by atoms with Crippen LogP contribution in [0.5, 0.6) is 5.75 Å². The van der Waals surface area contributed by atoms with Crippen LogP contribution in [0.15, 0.2) is 18.2 Å². The summed E-state index contributed by atoms with van der Waals surface area (Å²) < 4.78 is 21.4. The minimum Gasteiger partial charge on any atom is -0.493 e. The Balaban J connectivity index is 2.29. The maximum atomic E-state index is 12.4. The maximum Gasteiger partial charge on any atom is 0.510 e. The molecule has 0 bridgehead atoms. The van der Waals surface area contributed by atoms with Crippen molar-refractivity contribution < 1.29 is 33.6 Å². The minimum absolute atomic E-state index is 0.0185. The van der Waals surface area contributed by atoms with Crippen molar-refractivity contribution in [2.45, 2.75) is 58.3 Å². The molecule has 0 fully saturated rings. The zero-order valence-electron chi connectivity index (χ0n) is 17.7. The van der Waals surface area contributed by atoms with Gasteiger partial charge in [-0.05, 0) is 38.8 Å². The molecule has 2 N–H and O–H groups in total. The smallest absolute Gasteiger partial charge is 0.493 e. The molecule has 2 rings (SSSR count). The van der Waals surface area contributed by atoms with Crippen molar-refractivity contribution in [1.82, 2.24) is 5.32 Å². The van der Waals surface area contributed by atoms with E-state index < -0.39 is 23.6 Å². The summed E-state index contributed by atoms with van der Waals surface area (Å²) >= 11 is 0. The second-order valence-corrected chi connectivity index (χ2v) is 8.35. The van der Waals surface area contributed by atoms with Crippen molar-refractivity contribution in [2.75, 3.05) is 20.3 Å². The zero-order valence-corrected chi connectivity index (χ0v) is 17.7. The van der Waals surface area contributed by atoms with Crippen LogP contribution in [0.25, 0.3) is 0 Å². The van der Waals surface area contributed by atoms with E-state index in [9.17, 15) is 14.7 Å². The number of aryl methyl sites for hydroxylation is 1. The first-order valence-electron chi connectivity index (χ1n) is 9.70. The number of carbonyl (C=O) groups is 2. The second kappa shape index (κ2) is 9.35. The number of rotatable bonds is 6. The Bertz CT molecular complexity index is 728. The Labute approximate surface area is 171 Å². The van der Waals surface area contributed by atoms with Gasteiger partial charge in [-0.2, -0.15) is 0 Å². The predicted octanol–water partition coefficient (Wildman–Crippen LogP) is 3.19. The van der Waals surface area contributed by atoms with Gasteiger partial charge in [-0.3, -0.25) is 5.32 Å². The van der Waals surface area contributed by atoms with Crippen LogP contribution >= 0.6 is 0 Å². The number of benzene rings is 1. The van der Waals surface area contributed by atoms with Crippen molar-refractivity contribution in [3.8, 4) is 5.75 Å². The van der Waals surface area contributed by atoms with E-state index in [-0.39, 0.29) is 18.9 Å². The van der Waals surface area contributed by atoms with Gasteiger partial charge in [0.25, 0.3) is 0 Å². The molecule has 29 heavy (non-hydrogen) atoms. The molecular weight excluding hydrogens is 378 g/mol. The number of aliphatic hydroxyl groups excluding tert-OH is 1. The van der Waals surface area contributed by atoms with Gasteiger partial charge in [0, 0.05) is 30.9 Å². The van der Waals surface area contributed by atoms with Crippen molar-refractivity contribution in [1.29, 1.82) is 0 Å². The third-order valence-electron chi connectivity index (χ3n) is 4.50. The quantitative estimate of drug-likeness (QED) is 0.549. The number of nitrogens with one attached hydrogen (secondary N) is 1. The minimum atomic E-state index is -1.31. The molecule has 162 valence electrons. The lowest BCUT2D eigenvalue weighted by Gasteiger charge is -2.38. The van der Waals surface area contributed by atoms with Crippen molar-refractivity contribution in [3.05, 3.63) is 29.3 Å². The highest BCUT2D eigenvalue weighted by molar-refractivity contribution is 5.70. The third-order valence-corrected chi connectivity index (χ3v) is 4.50. The predicted molar refractivity (Wildman–Crippen MR) is 106 cm³/mol. The van der Waals surface area contributed by atoms with Crippen LogP contribution < -0.4 is 10.1 Å².